The highest BCUT2D eigenvalue weighted by molar-refractivity contribution is 5.70. The summed E-state index contributed by atoms with van der Waals surface area (Å²) in [5.41, 5.74) is 0. The number of likely N-dealkylation sites (N-methyl/N-ethyl adjacent to an activating group) is 1. The van der Waals surface area contributed by atoms with Gasteiger partial charge in [-0.15, -0.1) is 0 Å². The van der Waals surface area contributed by atoms with Crippen LogP contribution in [0.3, 0.4) is 0 Å². The van der Waals surface area contributed by atoms with Crippen molar-refractivity contribution in [1.29, 1.82) is 0 Å². The van der Waals surface area contributed by atoms with E-state index in [4.69, 9.17) is 14.2 Å². The van der Waals surface area contributed by atoms with Crippen molar-refractivity contribution in [2.45, 2.75) is 116 Å². The first-order valence-electron chi connectivity index (χ1n) is 15.1. The highest BCUT2D eigenvalue weighted by Gasteiger charge is 2.22. The molecule has 0 aromatic carbocycles. The number of carboxylic acids is 1. The van der Waals surface area contributed by atoms with Gasteiger partial charge in [-0.05, 0) is 38.5 Å². The van der Waals surface area contributed by atoms with Crippen molar-refractivity contribution in [2.24, 2.45) is 0 Å². The Hall–Kier alpha value is -1.74. The molecule has 0 bridgehead atoms. The number of esters is 1. The first kappa shape index (κ1) is 37.3. The Morgan fingerprint density at radius 2 is 1.33 bits per heavy atom. The van der Waals surface area contributed by atoms with Crippen molar-refractivity contribution < 1.29 is 38.5 Å². The quantitative estimate of drug-likeness (QED) is 0.0419. The lowest BCUT2D eigenvalue weighted by Gasteiger charge is -2.24. The molecule has 0 aliphatic rings. The molecule has 0 fully saturated rings. The molecule has 0 aromatic rings. The number of aliphatic hydroxyl groups excluding tert-OH is 1. The Balaban J connectivity index is 3.63. The topological polar surface area (TPSA) is 102 Å². The van der Waals surface area contributed by atoms with Gasteiger partial charge in [0.05, 0.1) is 34.4 Å². The molecule has 0 aliphatic heterocycles. The van der Waals surface area contributed by atoms with Crippen molar-refractivity contribution in [1.82, 2.24) is 0 Å². The van der Waals surface area contributed by atoms with Crippen LogP contribution in [-0.4, -0.2) is 86.5 Å². The first-order valence-corrected chi connectivity index (χ1v) is 15.1. The van der Waals surface area contributed by atoms with Gasteiger partial charge in [0, 0.05) is 6.42 Å². The van der Waals surface area contributed by atoms with Crippen molar-refractivity contribution in [3.63, 3.8) is 0 Å². The second kappa shape index (κ2) is 25.2. The van der Waals surface area contributed by atoms with Gasteiger partial charge in [0.25, 0.3) is 6.29 Å². The van der Waals surface area contributed by atoms with Crippen molar-refractivity contribution in [2.75, 3.05) is 47.5 Å². The summed E-state index contributed by atoms with van der Waals surface area (Å²) in [5.74, 6) is -1.62. The van der Waals surface area contributed by atoms with Crippen LogP contribution in [0.5, 0.6) is 0 Å². The van der Waals surface area contributed by atoms with E-state index in [2.05, 4.69) is 31.2 Å². The summed E-state index contributed by atoms with van der Waals surface area (Å²) in [4.78, 5) is 23.1. The molecule has 0 saturated carbocycles. The second-order valence-electron chi connectivity index (χ2n) is 11.3. The van der Waals surface area contributed by atoms with Gasteiger partial charge in [-0.1, -0.05) is 82.6 Å². The summed E-state index contributed by atoms with van der Waals surface area (Å²) in [6.07, 6.45) is 23.3. The molecule has 39 heavy (non-hydrogen) atoms. The number of aliphatic hydroxyl groups is 1. The number of hydrogen-bond donors (Lipinski definition) is 2. The Morgan fingerprint density at radius 3 is 1.90 bits per heavy atom. The Bertz CT molecular complexity index is 658. The molecule has 8 nitrogen and oxygen atoms in total. The number of hydrogen-bond acceptors (Lipinski definition) is 6. The third-order valence-electron chi connectivity index (χ3n) is 6.19. The minimum absolute atomic E-state index is 0.209. The van der Waals surface area contributed by atoms with Crippen LogP contribution in [0, 0.1) is 0 Å². The van der Waals surface area contributed by atoms with Crippen molar-refractivity contribution in [3.05, 3.63) is 24.3 Å². The van der Waals surface area contributed by atoms with E-state index in [0.717, 1.165) is 32.1 Å². The normalized spacial score (nSPS) is 13.8. The molecule has 2 atom stereocenters. The standard InChI is InChI=1S/C31H57NO7/c1-5-6-7-8-9-10-11-12-13-14-15-16-17-18-19-20-21-22-23-29(34)38-26-28(33)27-39-31(30(35)36)37-25-24-32(2,3)4/h10-11,13-14,28,31,33H,5-9,12,15-27H2,1-4H3/p+1/b11-10-,14-13-. The molecule has 228 valence electrons. The van der Waals surface area contributed by atoms with Gasteiger partial charge < -0.3 is 28.9 Å². The van der Waals surface area contributed by atoms with E-state index >= 15 is 0 Å². The minimum atomic E-state index is -1.46. The number of nitrogens with zero attached hydrogens (tertiary/aromatic N) is 1. The molecule has 2 N–H and O–H groups in total. The van der Waals surface area contributed by atoms with Crippen molar-refractivity contribution in [3.8, 4) is 0 Å². The smallest absolute Gasteiger partial charge is 0.361 e. The predicted molar refractivity (Wildman–Crippen MR) is 156 cm³/mol. The SMILES string of the molecule is CCCCCC/C=C\C/C=C\CCCCCCCCCC(=O)OCC(O)COC(OCC[N+](C)(C)C)C(=O)O. The molecule has 8 heteroatoms. The maximum absolute atomic E-state index is 11.9. The highest BCUT2D eigenvalue weighted by Crippen LogP contribution is 2.11. The fourth-order valence-corrected chi connectivity index (χ4v) is 3.74. The summed E-state index contributed by atoms with van der Waals surface area (Å²) in [6, 6.07) is 0. The number of carbonyl (C=O) groups excluding carboxylic acids is 1. The first-order chi connectivity index (χ1) is 18.7. The maximum Gasteiger partial charge on any atom is 0.361 e. The van der Waals surface area contributed by atoms with E-state index in [1.807, 2.05) is 21.1 Å². The molecule has 0 aliphatic carbocycles. The number of rotatable bonds is 27. The monoisotopic (exact) mass is 556 g/mol. The lowest BCUT2D eigenvalue weighted by Crippen LogP contribution is -2.40. The number of ether oxygens (including phenoxy) is 3. The van der Waals surface area contributed by atoms with E-state index in [9.17, 15) is 19.8 Å². The molecule has 0 spiro atoms. The highest BCUT2D eigenvalue weighted by atomic mass is 16.7. The van der Waals surface area contributed by atoms with Crippen LogP contribution in [0.25, 0.3) is 0 Å². The van der Waals surface area contributed by atoms with Crippen LogP contribution >= 0.6 is 0 Å². The summed E-state index contributed by atoms with van der Waals surface area (Å²) in [5, 5.41) is 19.1. The Morgan fingerprint density at radius 1 is 0.769 bits per heavy atom. The van der Waals surface area contributed by atoms with Gasteiger partial charge in [0.15, 0.2) is 0 Å². The largest absolute Gasteiger partial charge is 0.477 e. The van der Waals surface area contributed by atoms with Gasteiger partial charge in [-0.2, -0.15) is 0 Å². The van der Waals surface area contributed by atoms with E-state index < -0.39 is 18.4 Å². The fraction of sp³-hybridized carbons (Fsp3) is 0.806. The Labute approximate surface area is 238 Å². The summed E-state index contributed by atoms with van der Waals surface area (Å²) in [7, 11) is 5.90. The average molecular weight is 557 g/mol. The molecular formula is C31H58NO7+. The van der Waals surface area contributed by atoms with Crippen LogP contribution in [0.2, 0.25) is 0 Å². The Kier molecular flexibility index (Phi) is 24.1. The zero-order valence-corrected chi connectivity index (χ0v) is 25.3. The number of carbonyl (C=O) groups is 2. The summed E-state index contributed by atoms with van der Waals surface area (Å²) >= 11 is 0. The van der Waals surface area contributed by atoms with Crippen LogP contribution in [0.15, 0.2) is 24.3 Å². The zero-order chi connectivity index (χ0) is 29.2. The number of quaternary nitrogens is 1. The lowest BCUT2D eigenvalue weighted by molar-refractivity contribution is -0.870. The van der Waals surface area contributed by atoms with Gasteiger partial charge in [0.1, 0.15) is 19.3 Å². The van der Waals surface area contributed by atoms with Crippen LogP contribution < -0.4 is 0 Å². The number of carboxylic acid groups (broad SMARTS) is 1. The van der Waals surface area contributed by atoms with Crippen LogP contribution in [0.4, 0.5) is 0 Å². The molecule has 0 amide bonds. The molecule has 2 unspecified atom stereocenters. The maximum atomic E-state index is 11.9. The molecule has 0 rings (SSSR count). The van der Waals surface area contributed by atoms with Crippen LogP contribution in [0.1, 0.15) is 103 Å². The predicted octanol–water partition coefficient (Wildman–Crippen LogP) is 6.02. The lowest BCUT2D eigenvalue weighted by atomic mass is 10.1. The molecule has 0 radical (unpaired) electrons. The third-order valence-corrected chi connectivity index (χ3v) is 6.19. The third kappa shape index (κ3) is 27.6. The summed E-state index contributed by atoms with van der Waals surface area (Å²) in [6.45, 7) is 2.55. The molecule has 0 heterocycles. The van der Waals surface area contributed by atoms with E-state index in [1.165, 1.54) is 57.8 Å². The fourth-order valence-electron chi connectivity index (χ4n) is 3.74. The minimum Gasteiger partial charge on any atom is -0.477 e. The van der Waals surface area contributed by atoms with E-state index in [-0.39, 0.29) is 25.8 Å². The van der Waals surface area contributed by atoms with Gasteiger partial charge in [-0.3, -0.25) is 4.79 Å². The van der Waals surface area contributed by atoms with Gasteiger partial charge >= 0.3 is 11.9 Å². The number of allylic oxidation sites excluding steroid dienone is 4. The molecule has 0 saturated heterocycles. The number of aliphatic carboxylic acids is 1. The zero-order valence-electron chi connectivity index (χ0n) is 25.3. The average Bonchev–Trinajstić information content (AvgIpc) is 2.87. The summed E-state index contributed by atoms with van der Waals surface area (Å²) < 4.78 is 16.1. The van der Waals surface area contributed by atoms with Gasteiger partial charge in [-0.25, -0.2) is 4.79 Å². The molecule has 0 aromatic heterocycles. The van der Waals surface area contributed by atoms with Crippen LogP contribution in [-0.2, 0) is 23.8 Å². The van der Waals surface area contributed by atoms with E-state index in [1.54, 1.807) is 0 Å². The van der Waals surface area contributed by atoms with E-state index in [0.29, 0.717) is 17.4 Å². The van der Waals surface area contributed by atoms with Crippen molar-refractivity contribution >= 4 is 11.9 Å². The van der Waals surface area contributed by atoms with Gasteiger partial charge in [0.2, 0.25) is 0 Å². The molecular weight excluding hydrogens is 498 g/mol. The number of unbranched alkanes of at least 4 members (excludes halogenated alkanes) is 11. The second-order valence-corrected chi connectivity index (χ2v) is 11.3.